The highest BCUT2D eigenvalue weighted by molar-refractivity contribution is 7.89. The molecule has 5 rings (SSSR count). The van der Waals surface area contributed by atoms with E-state index in [0.29, 0.717) is 43.8 Å². The van der Waals surface area contributed by atoms with E-state index in [4.69, 9.17) is 4.74 Å². The van der Waals surface area contributed by atoms with E-state index in [0.717, 1.165) is 5.56 Å². The van der Waals surface area contributed by atoms with Crippen LogP contribution >= 0.6 is 0 Å². The maximum absolute atomic E-state index is 13.8. The molecule has 0 aromatic heterocycles. The molecule has 2 aliphatic heterocycles. The van der Waals surface area contributed by atoms with Crippen LogP contribution in [0.15, 0.2) is 89.8 Å². The Kier molecular flexibility index (Phi) is 7.76. The van der Waals surface area contributed by atoms with Crippen LogP contribution in [0.3, 0.4) is 0 Å². The van der Waals surface area contributed by atoms with Crippen LogP contribution in [-0.2, 0) is 26.0 Å². The van der Waals surface area contributed by atoms with Crippen molar-refractivity contribution in [2.75, 3.05) is 31.1 Å². The van der Waals surface area contributed by atoms with Crippen molar-refractivity contribution < 1.29 is 22.7 Å². The number of carbonyl (C=O) groups excluding carboxylic acids is 2. The number of piperidine rings is 1. The van der Waals surface area contributed by atoms with Crippen molar-refractivity contribution in [2.45, 2.75) is 30.3 Å². The molecule has 1 saturated heterocycles. The highest BCUT2D eigenvalue weighted by Crippen LogP contribution is 2.35. The smallest absolute Gasteiger partial charge is 0.262 e. The fraction of sp³-hybridized carbons (Fsp3) is 0.310. The molecule has 9 heteroatoms. The van der Waals surface area contributed by atoms with Crippen LogP contribution in [-0.4, -0.2) is 56.8 Å². The van der Waals surface area contributed by atoms with Crippen LogP contribution in [0.4, 0.5) is 5.69 Å². The van der Waals surface area contributed by atoms with Crippen LogP contribution in [0.25, 0.3) is 0 Å². The molecule has 2 unspecified atom stereocenters. The number of anilines is 1. The number of nitrogens with one attached hydrogen (secondary N) is 1. The molecule has 8 nitrogen and oxygen atoms in total. The fourth-order valence-electron chi connectivity index (χ4n) is 4.99. The van der Waals surface area contributed by atoms with E-state index in [1.54, 1.807) is 53.4 Å². The van der Waals surface area contributed by atoms with E-state index in [9.17, 15) is 18.0 Å². The first-order valence-corrected chi connectivity index (χ1v) is 14.3. The van der Waals surface area contributed by atoms with Crippen LogP contribution in [0.1, 0.15) is 18.4 Å². The van der Waals surface area contributed by atoms with Gasteiger partial charge in [-0.15, -0.1) is 0 Å². The molecule has 2 atom stereocenters. The van der Waals surface area contributed by atoms with Gasteiger partial charge in [-0.2, -0.15) is 4.31 Å². The Morgan fingerprint density at radius 2 is 1.58 bits per heavy atom. The Balaban J connectivity index is 1.29. The molecule has 0 aliphatic carbocycles. The molecule has 1 fully saturated rings. The summed E-state index contributed by atoms with van der Waals surface area (Å²) in [6, 6.07) is 25.3. The van der Waals surface area contributed by atoms with E-state index in [2.05, 4.69) is 5.32 Å². The van der Waals surface area contributed by atoms with Gasteiger partial charge in [0.15, 0.2) is 6.10 Å². The van der Waals surface area contributed by atoms with E-state index in [1.165, 1.54) is 4.31 Å². The summed E-state index contributed by atoms with van der Waals surface area (Å²) >= 11 is 0. The summed E-state index contributed by atoms with van der Waals surface area (Å²) in [7, 11) is -3.70. The molecule has 0 bridgehead atoms. The van der Waals surface area contributed by atoms with Crippen LogP contribution in [0, 0.1) is 5.92 Å². The summed E-state index contributed by atoms with van der Waals surface area (Å²) in [5.41, 5.74) is 1.71. The first-order chi connectivity index (χ1) is 18.4. The second-order valence-corrected chi connectivity index (χ2v) is 11.5. The van der Waals surface area contributed by atoms with Crippen LogP contribution in [0.2, 0.25) is 0 Å². The SMILES string of the molecule is O=C(NCCc1ccccc1)C1CN(C(=O)C2CCCN(S(=O)(=O)c3ccccc3)C2)c2ccccc2O1. The number of para-hydroxylation sites is 2. The quantitative estimate of drug-likeness (QED) is 0.503. The Morgan fingerprint density at radius 1 is 0.895 bits per heavy atom. The number of carbonyl (C=O) groups is 2. The molecule has 3 aromatic rings. The summed E-state index contributed by atoms with van der Waals surface area (Å²) in [5, 5.41) is 2.93. The van der Waals surface area contributed by atoms with Crippen molar-refractivity contribution in [1.82, 2.24) is 9.62 Å². The zero-order chi connectivity index (χ0) is 26.5. The van der Waals surface area contributed by atoms with E-state index in [1.807, 2.05) is 36.4 Å². The Labute approximate surface area is 223 Å². The first kappa shape index (κ1) is 25.9. The topological polar surface area (TPSA) is 96.0 Å². The lowest BCUT2D eigenvalue weighted by atomic mass is 9.97. The van der Waals surface area contributed by atoms with Crippen LogP contribution < -0.4 is 15.0 Å². The Bertz CT molecular complexity index is 1380. The molecule has 2 amide bonds. The van der Waals surface area contributed by atoms with Gasteiger partial charge in [-0.05, 0) is 49.1 Å². The van der Waals surface area contributed by atoms with Gasteiger partial charge in [0.2, 0.25) is 15.9 Å². The summed E-state index contributed by atoms with van der Waals surface area (Å²) in [6.07, 6.45) is 0.981. The minimum absolute atomic E-state index is 0.0644. The van der Waals surface area contributed by atoms with Gasteiger partial charge in [-0.3, -0.25) is 9.59 Å². The lowest BCUT2D eigenvalue weighted by molar-refractivity contribution is -0.129. The van der Waals surface area contributed by atoms with Gasteiger partial charge in [-0.25, -0.2) is 8.42 Å². The Hall–Kier alpha value is -3.69. The highest BCUT2D eigenvalue weighted by atomic mass is 32.2. The number of sulfonamides is 1. The van der Waals surface area contributed by atoms with Crippen molar-refractivity contribution in [1.29, 1.82) is 0 Å². The molecular formula is C29H31N3O5S. The average Bonchev–Trinajstić information content (AvgIpc) is 2.97. The predicted octanol–water partition coefficient (Wildman–Crippen LogP) is 3.24. The van der Waals surface area contributed by atoms with E-state index >= 15 is 0 Å². The van der Waals surface area contributed by atoms with Crippen molar-refractivity contribution in [3.63, 3.8) is 0 Å². The van der Waals surface area contributed by atoms with Crippen molar-refractivity contribution >= 4 is 27.5 Å². The lowest BCUT2D eigenvalue weighted by Gasteiger charge is -2.38. The third-order valence-electron chi connectivity index (χ3n) is 7.00. The van der Waals surface area contributed by atoms with Crippen molar-refractivity contribution in [3.05, 3.63) is 90.5 Å². The van der Waals surface area contributed by atoms with Gasteiger partial charge in [0, 0.05) is 19.6 Å². The number of ether oxygens (including phenoxy) is 1. The maximum Gasteiger partial charge on any atom is 0.262 e. The molecule has 198 valence electrons. The molecule has 1 N–H and O–H groups in total. The molecule has 0 spiro atoms. The third kappa shape index (κ3) is 5.58. The van der Waals surface area contributed by atoms with Gasteiger partial charge in [0.05, 0.1) is 23.0 Å². The zero-order valence-corrected chi connectivity index (χ0v) is 21.8. The molecule has 0 saturated carbocycles. The lowest BCUT2D eigenvalue weighted by Crippen LogP contribution is -2.54. The van der Waals surface area contributed by atoms with E-state index < -0.39 is 22.0 Å². The monoisotopic (exact) mass is 533 g/mol. The number of hydrogen-bond donors (Lipinski definition) is 1. The van der Waals surface area contributed by atoms with Crippen molar-refractivity contribution in [2.24, 2.45) is 5.92 Å². The zero-order valence-electron chi connectivity index (χ0n) is 21.0. The van der Waals surface area contributed by atoms with Crippen molar-refractivity contribution in [3.8, 4) is 5.75 Å². The minimum atomic E-state index is -3.70. The molecule has 38 heavy (non-hydrogen) atoms. The maximum atomic E-state index is 13.8. The number of hydrogen-bond acceptors (Lipinski definition) is 5. The number of benzene rings is 3. The van der Waals surface area contributed by atoms with Gasteiger partial charge in [0.1, 0.15) is 5.75 Å². The molecular weight excluding hydrogens is 502 g/mol. The van der Waals surface area contributed by atoms with Gasteiger partial charge in [-0.1, -0.05) is 60.7 Å². The summed E-state index contributed by atoms with van der Waals surface area (Å²) < 4.78 is 33.8. The summed E-state index contributed by atoms with van der Waals surface area (Å²) in [6.45, 7) is 0.985. The van der Waals surface area contributed by atoms with Gasteiger partial charge in [0.25, 0.3) is 5.91 Å². The highest BCUT2D eigenvalue weighted by Gasteiger charge is 2.39. The fourth-order valence-corrected chi connectivity index (χ4v) is 6.54. The predicted molar refractivity (Wildman–Crippen MR) is 144 cm³/mol. The summed E-state index contributed by atoms with van der Waals surface area (Å²) in [4.78, 5) is 28.6. The first-order valence-electron chi connectivity index (χ1n) is 12.9. The normalized spacial score (nSPS) is 19.7. The second kappa shape index (κ2) is 11.4. The molecule has 2 aliphatic rings. The minimum Gasteiger partial charge on any atom is -0.477 e. The Morgan fingerprint density at radius 3 is 2.34 bits per heavy atom. The number of rotatable bonds is 7. The number of amides is 2. The summed E-state index contributed by atoms with van der Waals surface area (Å²) in [5.74, 6) is -0.545. The third-order valence-corrected chi connectivity index (χ3v) is 8.88. The molecule has 2 heterocycles. The number of nitrogens with zero attached hydrogens (tertiary/aromatic N) is 2. The number of fused-ring (bicyclic) bond motifs is 1. The molecule has 3 aromatic carbocycles. The molecule has 0 radical (unpaired) electrons. The van der Waals surface area contributed by atoms with E-state index in [-0.39, 0.29) is 29.8 Å². The average molecular weight is 534 g/mol. The largest absolute Gasteiger partial charge is 0.477 e. The van der Waals surface area contributed by atoms with Gasteiger partial charge < -0.3 is 15.0 Å². The van der Waals surface area contributed by atoms with Gasteiger partial charge >= 0.3 is 0 Å². The second-order valence-electron chi connectivity index (χ2n) is 9.56. The standard InChI is InChI=1S/C29H31N3O5S/c33-28(30-18-17-22-10-3-1-4-11-22)27-21-32(25-15-7-8-16-26(25)37-27)29(34)23-12-9-19-31(20-23)38(35,36)24-13-5-2-6-14-24/h1-8,10-11,13-16,23,27H,9,12,17-21H2,(H,30,33). The van der Waals surface area contributed by atoms with Crippen LogP contribution in [0.5, 0.6) is 5.75 Å².